The summed E-state index contributed by atoms with van der Waals surface area (Å²) in [6.07, 6.45) is 1.58. The van der Waals surface area contributed by atoms with Crippen LogP contribution in [0, 0.1) is 12.7 Å². The number of nitrogens with one attached hydrogen (secondary N) is 2. The summed E-state index contributed by atoms with van der Waals surface area (Å²) in [7, 11) is 0. The second-order valence-electron chi connectivity index (χ2n) is 3.88. The smallest absolute Gasteiger partial charge is 0.305 e. The monoisotopic (exact) mass is 323 g/mol. The molecule has 0 bridgehead atoms. The van der Waals surface area contributed by atoms with Gasteiger partial charge in [0.25, 0.3) is 0 Å². The summed E-state index contributed by atoms with van der Waals surface area (Å²) in [6.45, 7) is 1.82. The first-order valence-electron chi connectivity index (χ1n) is 5.51. The van der Waals surface area contributed by atoms with Gasteiger partial charge in [-0.05, 0) is 46.6 Å². The van der Waals surface area contributed by atoms with Crippen LogP contribution in [-0.2, 0) is 0 Å². The molecule has 0 saturated heterocycles. The Morgan fingerprint density at radius 2 is 2.05 bits per heavy atom. The van der Waals surface area contributed by atoms with E-state index in [-0.39, 0.29) is 5.69 Å². The Kier molecular flexibility index (Phi) is 4.11. The largest absolute Gasteiger partial charge is 0.324 e. The van der Waals surface area contributed by atoms with Gasteiger partial charge in [0.2, 0.25) is 0 Å². The molecular weight excluding hydrogens is 313 g/mol. The number of hydrogen-bond acceptors (Lipinski definition) is 2. The fourth-order valence-corrected chi connectivity index (χ4v) is 1.94. The van der Waals surface area contributed by atoms with Crippen LogP contribution in [0.5, 0.6) is 0 Å². The topological polar surface area (TPSA) is 54.0 Å². The van der Waals surface area contributed by atoms with E-state index < -0.39 is 11.8 Å². The fourth-order valence-electron chi connectivity index (χ4n) is 1.50. The molecule has 6 heteroatoms. The van der Waals surface area contributed by atoms with Gasteiger partial charge in [0.1, 0.15) is 11.6 Å². The molecule has 1 heterocycles. The van der Waals surface area contributed by atoms with E-state index in [0.717, 1.165) is 10.0 Å². The van der Waals surface area contributed by atoms with Crippen molar-refractivity contribution in [3.8, 4) is 0 Å². The molecule has 0 radical (unpaired) electrons. The van der Waals surface area contributed by atoms with E-state index in [1.165, 1.54) is 12.1 Å². The van der Waals surface area contributed by atoms with Crippen LogP contribution in [0.25, 0.3) is 0 Å². The number of aromatic nitrogens is 1. The molecule has 0 aliphatic heterocycles. The van der Waals surface area contributed by atoms with Crippen LogP contribution in [0.15, 0.2) is 41.0 Å². The van der Waals surface area contributed by atoms with E-state index in [4.69, 9.17) is 0 Å². The number of pyridine rings is 1. The number of halogens is 2. The molecule has 0 atom stereocenters. The number of carbonyl (C=O) groups is 1. The SMILES string of the molecule is Cc1cc(Br)cnc1NC(=O)Nc1ccccc1F. The van der Waals surface area contributed by atoms with Gasteiger partial charge in [-0.1, -0.05) is 12.1 Å². The average molecular weight is 324 g/mol. The summed E-state index contributed by atoms with van der Waals surface area (Å²) in [5.74, 6) is -0.0600. The minimum absolute atomic E-state index is 0.120. The Labute approximate surface area is 118 Å². The van der Waals surface area contributed by atoms with Gasteiger partial charge < -0.3 is 5.32 Å². The first-order chi connectivity index (χ1) is 9.06. The van der Waals surface area contributed by atoms with Gasteiger partial charge in [-0.25, -0.2) is 14.2 Å². The molecule has 1 aromatic carbocycles. The number of para-hydroxylation sites is 1. The molecule has 0 saturated carbocycles. The van der Waals surface area contributed by atoms with Crippen LogP contribution < -0.4 is 10.6 Å². The summed E-state index contributed by atoms with van der Waals surface area (Å²) in [5, 5.41) is 4.99. The number of carbonyl (C=O) groups excluding carboxylic acids is 1. The number of hydrogen-bond donors (Lipinski definition) is 2. The summed E-state index contributed by atoms with van der Waals surface area (Å²) in [6, 6.07) is 7.24. The van der Waals surface area contributed by atoms with Crippen LogP contribution in [0.4, 0.5) is 20.7 Å². The van der Waals surface area contributed by atoms with Gasteiger partial charge >= 0.3 is 6.03 Å². The lowest BCUT2D eigenvalue weighted by Gasteiger charge is -2.09. The van der Waals surface area contributed by atoms with Crippen LogP contribution in [0.3, 0.4) is 0 Å². The number of rotatable bonds is 2. The highest BCUT2D eigenvalue weighted by molar-refractivity contribution is 9.10. The Morgan fingerprint density at radius 3 is 2.74 bits per heavy atom. The zero-order valence-electron chi connectivity index (χ0n) is 10.1. The molecule has 2 aromatic rings. The fraction of sp³-hybridized carbons (Fsp3) is 0.0769. The van der Waals surface area contributed by atoms with Gasteiger partial charge in [-0.15, -0.1) is 0 Å². The maximum atomic E-state index is 13.4. The zero-order valence-corrected chi connectivity index (χ0v) is 11.7. The van der Waals surface area contributed by atoms with E-state index in [9.17, 15) is 9.18 Å². The standard InChI is InChI=1S/C13H11BrFN3O/c1-8-6-9(14)7-16-12(8)18-13(19)17-11-5-3-2-4-10(11)15/h2-7H,1H3,(H2,16,17,18,19). The quantitative estimate of drug-likeness (QED) is 0.879. The molecule has 2 N–H and O–H groups in total. The molecule has 1 aromatic heterocycles. The molecule has 2 amide bonds. The second kappa shape index (κ2) is 5.79. The Morgan fingerprint density at radius 1 is 1.32 bits per heavy atom. The van der Waals surface area contributed by atoms with Gasteiger partial charge in [-0.2, -0.15) is 0 Å². The molecule has 98 valence electrons. The maximum Gasteiger partial charge on any atom is 0.324 e. The highest BCUT2D eigenvalue weighted by Crippen LogP contribution is 2.17. The lowest BCUT2D eigenvalue weighted by Crippen LogP contribution is -2.21. The number of benzene rings is 1. The van der Waals surface area contributed by atoms with E-state index in [2.05, 4.69) is 31.5 Å². The molecule has 19 heavy (non-hydrogen) atoms. The molecule has 0 spiro atoms. The van der Waals surface area contributed by atoms with Crippen molar-refractivity contribution in [2.45, 2.75) is 6.92 Å². The predicted octanol–water partition coefficient (Wildman–Crippen LogP) is 3.94. The molecule has 0 unspecified atom stereocenters. The Hall–Kier alpha value is -1.95. The minimum Gasteiger partial charge on any atom is -0.305 e. The van der Waals surface area contributed by atoms with Crippen LogP contribution in [0.2, 0.25) is 0 Å². The molecule has 4 nitrogen and oxygen atoms in total. The van der Waals surface area contributed by atoms with Crippen molar-refractivity contribution in [3.63, 3.8) is 0 Å². The normalized spacial score (nSPS) is 10.1. The first-order valence-corrected chi connectivity index (χ1v) is 6.30. The number of urea groups is 1. The van der Waals surface area contributed by atoms with Crippen molar-refractivity contribution in [1.82, 2.24) is 4.98 Å². The number of anilines is 2. The number of aryl methyl sites for hydroxylation is 1. The molecule has 0 aliphatic rings. The van der Waals surface area contributed by atoms with Gasteiger partial charge in [0.05, 0.1) is 5.69 Å². The third-order valence-corrected chi connectivity index (χ3v) is 2.83. The molecule has 2 rings (SSSR count). The summed E-state index contributed by atoms with van der Waals surface area (Å²) < 4.78 is 14.2. The second-order valence-corrected chi connectivity index (χ2v) is 4.79. The van der Waals surface area contributed by atoms with Crippen LogP contribution >= 0.6 is 15.9 Å². The minimum atomic E-state index is -0.539. The van der Waals surface area contributed by atoms with Crippen molar-refractivity contribution >= 4 is 33.5 Å². The predicted molar refractivity (Wildman–Crippen MR) is 75.7 cm³/mol. The molecule has 0 aliphatic carbocycles. The van der Waals surface area contributed by atoms with Crippen molar-refractivity contribution in [3.05, 3.63) is 52.4 Å². The summed E-state index contributed by atoms with van der Waals surface area (Å²) in [4.78, 5) is 15.8. The average Bonchev–Trinajstić information content (AvgIpc) is 2.36. The highest BCUT2D eigenvalue weighted by atomic mass is 79.9. The Balaban J connectivity index is 2.08. The Bertz CT molecular complexity index is 619. The molecule has 0 fully saturated rings. The van der Waals surface area contributed by atoms with Crippen molar-refractivity contribution in [1.29, 1.82) is 0 Å². The van der Waals surface area contributed by atoms with Crippen LogP contribution in [-0.4, -0.2) is 11.0 Å². The lowest BCUT2D eigenvalue weighted by atomic mass is 10.3. The van der Waals surface area contributed by atoms with Gasteiger partial charge in [0.15, 0.2) is 0 Å². The summed E-state index contributed by atoms with van der Waals surface area (Å²) >= 11 is 3.29. The van der Waals surface area contributed by atoms with Gasteiger partial charge in [0, 0.05) is 10.7 Å². The van der Waals surface area contributed by atoms with Crippen LogP contribution in [0.1, 0.15) is 5.56 Å². The maximum absolute atomic E-state index is 13.4. The van der Waals surface area contributed by atoms with Crippen molar-refractivity contribution in [2.24, 2.45) is 0 Å². The summed E-state index contributed by atoms with van der Waals surface area (Å²) in [5.41, 5.74) is 0.924. The number of nitrogens with zero attached hydrogens (tertiary/aromatic N) is 1. The van der Waals surface area contributed by atoms with E-state index in [0.29, 0.717) is 5.82 Å². The first kappa shape index (κ1) is 13.5. The van der Waals surface area contributed by atoms with E-state index >= 15 is 0 Å². The highest BCUT2D eigenvalue weighted by Gasteiger charge is 2.08. The zero-order chi connectivity index (χ0) is 13.8. The van der Waals surface area contributed by atoms with Gasteiger partial charge in [-0.3, -0.25) is 5.32 Å². The lowest BCUT2D eigenvalue weighted by molar-refractivity contribution is 0.262. The van der Waals surface area contributed by atoms with E-state index in [1.807, 2.05) is 13.0 Å². The third kappa shape index (κ3) is 3.51. The third-order valence-electron chi connectivity index (χ3n) is 2.40. The number of amides is 2. The van der Waals surface area contributed by atoms with Crippen molar-refractivity contribution in [2.75, 3.05) is 10.6 Å². The van der Waals surface area contributed by atoms with Crippen molar-refractivity contribution < 1.29 is 9.18 Å². The molecular formula is C13H11BrFN3O. The van der Waals surface area contributed by atoms with E-state index in [1.54, 1.807) is 18.3 Å².